The Hall–Kier alpha value is -1.13. The van der Waals surface area contributed by atoms with Crippen LogP contribution in [0.1, 0.15) is 23.7 Å². The number of hydrogen-bond donors (Lipinski definition) is 1. The van der Waals surface area contributed by atoms with Gasteiger partial charge in [-0.1, -0.05) is 23.8 Å². The molecule has 0 radical (unpaired) electrons. The predicted molar refractivity (Wildman–Crippen MR) is 74.4 cm³/mol. The SMILES string of the molecule is CCN(CCC(N)=S)C(=O)c1ccc(Cl)cc1. The van der Waals surface area contributed by atoms with Crippen LogP contribution in [-0.4, -0.2) is 28.9 Å². The second-order valence-electron chi connectivity index (χ2n) is 3.61. The number of thiocarbonyl (C=S) groups is 1. The van der Waals surface area contributed by atoms with Crippen LogP contribution in [0.4, 0.5) is 0 Å². The fraction of sp³-hybridized carbons (Fsp3) is 0.333. The Morgan fingerprint density at radius 2 is 2.00 bits per heavy atom. The summed E-state index contributed by atoms with van der Waals surface area (Å²) < 4.78 is 0. The molecule has 17 heavy (non-hydrogen) atoms. The van der Waals surface area contributed by atoms with Crippen molar-refractivity contribution in [3.8, 4) is 0 Å². The van der Waals surface area contributed by atoms with E-state index in [-0.39, 0.29) is 5.91 Å². The van der Waals surface area contributed by atoms with E-state index < -0.39 is 0 Å². The lowest BCUT2D eigenvalue weighted by atomic mass is 10.2. The molecule has 0 bridgehead atoms. The average Bonchev–Trinajstić information content (AvgIpc) is 2.30. The zero-order valence-electron chi connectivity index (χ0n) is 9.65. The largest absolute Gasteiger partial charge is 0.393 e. The first-order chi connectivity index (χ1) is 8.04. The molecule has 1 amide bonds. The first kappa shape index (κ1) is 13.9. The molecule has 0 aliphatic rings. The molecule has 1 rings (SSSR count). The Balaban J connectivity index is 2.71. The Morgan fingerprint density at radius 1 is 1.41 bits per heavy atom. The maximum atomic E-state index is 12.1. The summed E-state index contributed by atoms with van der Waals surface area (Å²) in [6, 6.07) is 6.84. The summed E-state index contributed by atoms with van der Waals surface area (Å²) in [5.41, 5.74) is 6.05. The van der Waals surface area contributed by atoms with Gasteiger partial charge in [-0.05, 0) is 31.2 Å². The van der Waals surface area contributed by atoms with Gasteiger partial charge < -0.3 is 10.6 Å². The standard InChI is InChI=1S/C12H15ClN2OS/c1-2-15(8-7-11(14)17)12(16)9-3-5-10(13)6-4-9/h3-6H,2,7-8H2,1H3,(H2,14,17). The van der Waals surface area contributed by atoms with Crippen molar-refractivity contribution in [2.75, 3.05) is 13.1 Å². The van der Waals surface area contributed by atoms with E-state index in [0.717, 1.165) is 0 Å². The minimum Gasteiger partial charge on any atom is -0.393 e. The van der Waals surface area contributed by atoms with E-state index in [1.807, 2.05) is 6.92 Å². The summed E-state index contributed by atoms with van der Waals surface area (Å²) in [6.45, 7) is 3.10. The highest BCUT2D eigenvalue weighted by molar-refractivity contribution is 7.80. The topological polar surface area (TPSA) is 46.3 Å². The monoisotopic (exact) mass is 270 g/mol. The number of nitrogens with zero attached hydrogens (tertiary/aromatic N) is 1. The van der Waals surface area contributed by atoms with Gasteiger partial charge in [0.05, 0.1) is 4.99 Å². The molecule has 0 aliphatic heterocycles. The molecule has 0 fully saturated rings. The van der Waals surface area contributed by atoms with Crippen molar-refractivity contribution in [3.63, 3.8) is 0 Å². The van der Waals surface area contributed by atoms with E-state index in [1.54, 1.807) is 29.2 Å². The maximum Gasteiger partial charge on any atom is 0.253 e. The Bertz CT molecular complexity index is 405. The van der Waals surface area contributed by atoms with Crippen molar-refractivity contribution in [1.29, 1.82) is 0 Å². The van der Waals surface area contributed by atoms with E-state index in [1.165, 1.54) is 0 Å². The molecule has 0 atom stereocenters. The lowest BCUT2D eigenvalue weighted by molar-refractivity contribution is 0.0769. The average molecular weight is 271 g/mol. The molecule has 0 saturated carbocycles. The molecule has 0 heterocycles. The molecule has 1 aromatic carbocycles. The van der Waals surface area contributed by atoms with Crippen LogP contribution in [0.25, 0.3) is 0 Å². The first-order valence-electron chi connectivity index (χ1n) is 5.37. The zero-order valence-corrected chi connectivity index (χ0v) is 11.2. The minimum atomic E-state index is -0.0274. The summed E-state index contributed by atoms with van der Waals surface area (Å²) in [6.07, 6.45) is 0.544. The lowest BCUT2D eigenvalue weighted by Crippen LogP contribution is -2.33. The van der Waals surface area contributed by atoms with Gasteiger partial charge in [-0.2, -0.15) is 0 Å². The molecule has 0 unspecified atom stereocenters. The van der Waals surface area contributed by atoms with Crippen LogP contribution in [0.15, 0.2) is 24.3 Å². The molecule has 0 aliphatic carbocycles. The third kappa shape index (κ3) is 4.32. The van der Waals surface area contributed by atoms with Crippen LogP contribution in [-0.2, 0) is 0 Å². The normalized spacial score (nSPS) is 10.0. The Labute approximate surface area is 112 Å². The van der Waals surface area contributed by atoms with Crippen LogP contribution in [0.2, 0.25) is 5.02 Å². The van der Waals surface area contributed by atoms with Gasteiger partial charge in [0.2, 0.25) is 0 Å². The number of amides is 1. The van der Waals surface area contributed by atoms with Gasteiger partial charge in [0.25, 0.3) is 5.91 Å². The summed E-state index contributed by atoms with van der Waals surface area (Å²) in [4.78, 5) is 14.2. The van der Waals surface area contributed by atoms with E-state index >= 15 is 0 Å². The van der Waals surface area contributed by atoms with Crippen molar-refractivity contribution in [3.05, 3.63) is 34.9 Å². The predicted octanol–water partition coefficient (Wildman–Crippen LogP) is 2.48. The van der Waals surface area contributed by atoms with E-state index in [9.17, 15) is 4.79 Å². The molecular weight excluding hydrogens is 256 g/mol. The smallest absolute Gasteiger partial charge is 0.253 e. The first-order valence-corrected chi connectivity index (χ1v) is 6.16. The van der Waals surface area contributed by atoms with E-state index in [4.69, 9.17) is 29.6 Å². The van der Waals surface area contributed by atoms with Gasteiger partial charge in [-0.25, -0.2) is 0 Å². The second-order valence-corrected chi connectivity index (χ2v) is 4.57. The summed E-state index contributed by atoms with van der Waals surface area (Å²) >= 11 is 10.6. The number of nitrogens with two attached hydrogens (primary N) is 1. The van der Waals surface area contributed by atoms with Crippen molar-refractivity contribution in [2.45, 2.75) is 13.3 Å². The Kier molecular flexibility index (Phi) is 5.38. The van der Waals surface area contributed by atoms with Crippen LogP contribution >= 0.6 is 23.8 Å². The lowest BCUT2D eigenvalue weighted by Gasteiger charge is -2.20. The molecular formula is C12H15ClN2OS. The second kappa shape index (κ2) is 6.57. The van der Waals surface area contributed by atoms with Crippen LogP contribution in [0, 0.1) is 0 Å². The number of hydrogen-bond acceptors (Lipinski definition) is 2. The quantitative estimate of drug-likeness (QED) is 0.836. The van der Waals surface area contributed by atoms with Gasteiger partial charge in [-0.3, -0.25) is 4.79 Å². The van der Waals surface area contributed by atoms with Gasteiger partial charge in [0.1, 0.15) is 0 Å². The molecule has 2 N–H and O–H groups in total. The van der Waals surface area contributed by atoms with E-state index in [0.29, 0.717) is 35.1 Å². The van der Waals surface area contributed by atoms with Gasteiger partial charge in [0, 0.05) is 30.1 Å². The van der Waals surface area contributed by atoms with Crippen molar-refractivity contribution < 1.29 is 4.79 Å². The van der Waals surface area contributed by atoms with Crippen molar-refractivity contribution in [2.24, 2.45) is 5.73 Å². The minimum absolute atomic E-state index is 0.0274. The third-order valence-corrected chi connectivity index (χ3v) is 2.84. The zero-order chi connectivity index (χ0) is 12.8. The number of rotatable bonds is 5. The number of benzene rings is 1. The molecule has 0 spiro atoms. The van der Waals surface area contributed by atoms with E-state index in [2.05, 4.69) is 0 Å². The molecule has 92 valence electrons. The molecule has 0 saturated heterocycles. The summed E-state index contributed by atoms with van der Waals surface area (Å²) in [5, 5.41) is 0.618. The number of halogens is 1. The Morgan fingerprint density at radius 3 is 2.47 bits per heavy atom. The van der Waals surface area contributed by atoms with Gasteiger partial charge in [0.15, 0.2) is 0 Å². The maximum absolute atomic E-state index is 12.1. The third-order valence-electron chi connectivity index (χ3n) is 2.39. The van der Waals surface area contributed by atoms with Crippen LogP contribution in [0.5, 0.6) is 0 Å². The molecule has 3 nitrogen and oxygen atoms in total. The van der Waals surface area contributed by atoms with Crippen molar-refractivity contribution in [1.82, 2.24) is 4.90 Å². The molecule has 0 aromatic heterocycles. The highest BCUT2D eigenvalue weighted by atomic mass is 35.5. The fourth-order valence-corrected chi connectivity index (χ4v) is 1.64. The summed E-state index contributed by atoms with van der Waals surface area (Å²) in [5.74, 6) is -0.0274. The fourth-order valence-electron chi connectivity index (χ4n) is 1.42. The van der Waals surface area contributed by atoms with Gasteiger partial charge >= 0.3 is 0 Å². The highest BCUT2D eigenvalue weighted by Gasteiger charge is 2.13. The summed E-state index contributed by atoms with van der Waals surface area (Å²) in [7, 11) is 0. The molecule has 5 heteroatoms. The van der Waals surface area contributed by atoms with Gasteiger partial charge in [-0.15, -0.1) is 0 Å². The van der Waals surface area contributed by atoms with Crippen molar-refractivity contribution >= 4 is 34.7 Å². The number of carbonyl (C=O) groups excluding carboxylic acids is 1. The van der Waals surface area contributed by atoms with Crippen LogP contribution in [0.3, 0.4) is 0 Å². The molecule has 1 aromatic rings. The number of carbonyl (C=O) groups is 1. The highest BCUT2D eigenvalue weighted by Crippen LogP contribution is 2.11. The van der Waals surface area contributed by atoms with Crippen LogP contribution < -0.4 is 5.73 Å².